The van der Waals surface area contributed by atoms with Gasteiger partial charge >= 0.3 is 6.61 Å². The number of benzene rings is 1. The minimum absolute atomic E-state index is 0.0627. The second kappa shape index (κ2) is 9.77. The Labute approximate surface area is 200 Å². The lowest BCUT2D eigenvalue weighted by Gasteiger charge is -2.44. The fraction of sp³-hybridized carbons (Fsp3) is 0.318. The molecule has 0 aliphatic carbocycles. The molecule has 3 heterocycles. The first-order valence-corrected chi connectivity index (χ1v) is 11.4. The van der Waals surface area contributed by atoms with E-state index in [4.69, 9.17) is 15.9 Å². The summed E-state index contributed by atoms with van der Waals surface area (Å²) < 4.78 is 31.1. The largest absolute Gasteiger partial charge is 0.433 e. The van der Waals surface area contributed by atoms with Gasteiger partial charge in [-0.2, -0.15) is 8.78 Å². The fourth-order valence-electron chi connectivity index (χ4n) is 3.62. The number of nitrogens with one attached hydrogen (secondary N) is 3. The summed E-state index contributed by atoms with van der Waals surface area (Å²) in [5.41, 5.74) is 8.95. The molecule has 180 valence electrons. The molecule has 1 saturated heterocycles. The molecular formula is C22H26F2N8OS. The number of alkyl halides is 2. The quantitative estimate of drug-likeness (QED) is 0.266. The highest BCUT2D eigenvalue weighted by Crippen LogP contribution is 2.39. The molecule has 0 radical (unpaired) electrons. The van der Waals surface area contributed by atoms with Crippen molar-refractivity contribution in [2.24, 2.45) is 0 Å². The van der Waals surface area contributed by atoms with Crippen LogP contribution >= 0.6 is 11.3 Å². The van der Waals surface area contributed by atoms with Gasteiger partial charge in [-0.3, -0.25) is 5.41 Å². The van der Waals surface area contributed by atoms with Crippen LogP contribution in [0.3, 0.4) is 0 Å². The van der Waals surface area contributed by atoms with Crippen LogP contribution < -0.4 is 26.0 Å². The van der Waals surface area contributed by atoms with Gasteiger partial charge in [0, 0.05) is 38.4 Å². The first-order chi connectivity index (χ1) is 16.3. The predicted octanol–water partition coefficient (Wildman–Crippen LogP) is 3.67. The number of ether oxygens (including phenoxy) is 1. The summed E-state index contributed by atoms with van der Waals surface area (Å²) in [6.07, 6.45) is 1.50. The SMILES string of the molecule is CNc1ccsc1C(=N)c1ccnc(Nc2cc(N)c(N3CC(N(C)C)C3)cc2OC(F)F)n1. The second-order valence-electron chi connectivity index (χ2n) is 7.99. The molecule has 5 N–H and O–H groups in total. The van der Waals surface area contributed by atoms with Crippen molar-refractivity contribution in [3.05, 3.63) is 46.4 Å². The van der Waals surface area contributed by atoms with Crippen molar-refractivity contribution < 1.29 is 13.5 Å². The standard InChI is InChI=1S/C22H26F2N8OS/c1-27-15-5-7-34-20(15)19(26)14-4-6-28-22(29-14)30-16-8-13(25)17(9-18(16)33-21(23)24)32-10-12(11-32)31(2)3/h4-9,12,21,26-27H,10-11,25H2,1-3H3,(H,28,29,30). The Balaban J connectivity index is 1.60. The normalized spacial score (nSPS) is 13.8. The van der Waals surface area contributed by atoms with Gasteiger partial charge in [-0.25, -0.2) is 9.97 Å². The van der Waals surface area contributed by atoms with E-state index in [9.17, 15) is 8.78 Å². The average molecular weight is 489 g/mol. The van der Waals surface area contributed by atoms with Crippen molar-refractivity contribution in [1.29, 1.82) is 5.41 Å². The number of halogens is 2. The summed E-state index contributed by atoms with van der Waals surface area (Å²) in [5.74, 6) is 0.0695. The predicted molar refractivity (Wildman–Crippen MR) is 132 cm³/mol. The van der Waals surface area contributed by atoms with Crippen LogP contribution in [0.1, 0.15) is 10.6 Å². The number of hydrogen-bond donors (Lipinski definition) is 4. The zero-order chi connectivity index (χ0) is 24.4. The zero-order valence-corrected chi connectivity index (χ0v) is 19.8. The number of hydrogen-bond acceptors (Lipinski definition) is 10. The van der Waals surface area contributed by atoms with Crippen LogP contribution in [0.5, 0.6) is 5.75 Å². The number of thiophene rings is 1. The molecule has 2 aromatic heterocycles. The molecule has 12 heteroatoms. The zero-order valence-electron chi connectivity index (χ0n) is 19.0. The highest BCUT2D eigenvalue weighted by molar-refractivity contribution is 7.13. The van der Waals surface area contributed by atoms with E-state index in [-0.39, 0.29) is 23.1 Å². The van der Waals surface area contributed by atoms with Gasteiger partial charge in [-0.05, 0) is 37.7 Å². The molecule has 0 amide bonds. The molecule has 1 aromatic carbocycles. The monoisotopic (exact) mass is 488 g/mol. The molecule has 1 aliphatic rings. The highest BCUT2D eigenvalue weighted by atomic mass is 32.1. The maximum absolute atomic E-state index is 13.2. The van der Waals surface area contributed by atoms with Gasteiger partial charge in [0.2, 0.25) is 5.95 Å². The van der Waals surface area contributed by atoms with E-state index in [1.807, 2.05) is 30.4 Å². The third kappa shape index (κ3) is 4.87. The average Bonchev–Trinajstić information content (AvgIpc) is 3.23. The summed E-state index contributed by atoms with van der Waals surface area (Å²) in [4.78, 5) is 13.4. The van der Waals surface area contributed by atoms with Crippen molar-refractivity contribution in [1.82, 2.24) is 14.9 Å². The van der Waals surface area contributed by atoms with Gasteiger partial charge in [0.05, 0.1) is 39.0 Å². The van der Waals surface area contributed by atoms with Crippen LogP contribution in [0.15, 0.2) is 35.8 Å². The topological polar surface area (TPSA) is 115 Å². The molecule has 34 heavy (non-hydrogen) atoms. The van der Waals surface area contributed by atoms with Crippen LogP contribution in [0, 0.1) is 5.41 Å². The van der Waals surface area contributed by atoms with Crippen LogP contribution in [0.25, 0.3) is 0 Å². The Morgan fingerprint density at radius 2 is 2.06 bits per heavy atom. The highest BCUT2D eigenvalue weighted by Gasteiger charge is 2.30. The Morgan fingerprint density at radius 1 is 1.29 bits per heavy atom. The Hall–Kier alpha value is -3.51. The van der Waals surface area contributed by atoms with E-state index < -0.39 is 6.61 Å². The van der Waals surface area contributed by atoms with Crippen LogP contribution in [-0.2, 0) is 0 Å². The van der Waals surface area contributed by atoms with E-state index in [1.165, 1.54) is 29.7 Å². The van der Waals surface area contributed by atoms with Gasteiger partial charge in [0.25, 0.3) is 0 Å². The Kier molecular flexibility index (Phi) is 6.80. The number of rotatable bonds is 9. The Morgan fingerprint density at radius 3 is 2.74 bits per heavy atom. The molecular weight excluding hydrogens is 462 g/mol. The minimum Gasteiger partial charge on any atom is -0.433 e. The maximum Gasteiger partial charge on any atom is 0.387 e. The van der Waals surface area contributed by atoms with Gasteiger partial charge in [0.1, 0.15) is 0 Å². The smallest absolute Gasteiger partial charge is 0.387 e. The summed E-state index contributed by atoms with van der Waals surface area (Å²) >= 11 is 1.42. The molecule has 1 aliphatic heterocycles. The summed E-state index contributed by atoms with van der Waals surface area (Å²) in [6, 6.07) is 6.91. The number of anilines is 5. The van der Waals surface area contributed by atoms with Crippen molar-refractivity contribution in [2.75, 3.05) is 55.5 Å². The molecule has 0 saturated carbocycles. The molecule has 0 spiro atoms. The molecule has 4 rings (SSSR count). The number of aromatic nitrogens is 2. The molecule has 3 aromatic rings. The van der Waals surface area contributed by atoms with E-state index in [0.29, 0.717) is 23.1 Å². The summed E-state index contributed by atoms with van der Waals surface area (Å²) in [7, 11) is 5.77. The summed E-state index contributed by atoms with van der Waals surface area (Å²) in [6.45, 7) is -1.53. The number of likely N-dealkylation sites (N-methyl/N-ethyl adjacent to an activating group) is 1. The first kappa shape index (κ1) is 23.6. The Bertz CT molecular complexity index is 1180. The first-order valence-electron chi connectivity index (χ1n) is 10.5. The van der Waals surface area contributed by atoms with Gasteiger partial charge < -0.3 is 30.9 Å². The fourth-order valence-corrected chi connectivity index (χ4v) is 4.48. The van der Waals surface area contributed by atoms with E-state index in [1.54, 1.807) is 13.1 Å². The van der Waals surface area contributed by atoms with Crippen molar-refractivity contribution >= 4 is 45.7 Å². The van der Waals surface area contributed by atoms with Crippen molar-refractivity contribution in [3.63, 3.8) is 0 Å². The third-order valence-corrected chi connectivity index (χ3v) is 6.53. The molecule has 0 bridgehead atoms. The lowest BCUT2D eigenvalue weighted by Crippen LogP contribution is -2.57. The van der Waals surface area contributed by atoms with Crippen LogP contribution in [0.4, 0.5) is 37.5 Å². The second-order valence-corrected chi connectivity index (χ2v) is 8.90. The van der Waals surface area contributed by atoms with Crippen molar-refractivity contribution in [3.8, 4) is 5.75 Å². The lowest BCUT2D eigenvalue weighted by atomic mass is 10.1. The van der Waals surface area contributed by atoms with Crippen LogP contribution in [0.2, 0.25) is 0 Å². The lowest BCUT2D eigenvalue weighted by molar-refractivity contribution is -0.0493. The number of nitrogens with zero attached hydrogens (tertiary/aromatic N) is 4. The summed E-state index contributed by atoms with van der Waals surface area (Å²) in [5, 5.41) is 16.4. The van der Waals surface area contributed by atoms with Crippen LogP contribution in [-0.4, -0.2) is 67.5 Å². The van der Waals surface area contributed by atoms with Crippen molar-refractivity contribution in [2.45, 2.75) is 12.7 Å². The number of nitrogen functional groups attached to an aromatic ring is 1. The van der Waals surface area contributed by atoms with Gasteiger partial charge in [-0.15, -0.1) is 11.3 Å². The minimum atomic E-state index is -3.01. The van der Waals surface area contributed by atoms with Gasteiger partial charge in [0.15, 0.2) is 5.75 Å². The van der Waals surface area contributed by atoms with E-state index in [2.05, 4.69) is 25.5 Å². The van der Waals surface area contributed by atoms with E-state index >= 15 is 0 Å². The number of nitrogens with two attached hydrogens (primary N) is 1. The molecule has 9 nitrogen and oxygen atoms in total. The maximum atomic E-state index is 13.2. The molecule has 0 unspecified atom stereocenters. The van der Waals surface area contributed by atoms with E-state index in [0.717, 1.165) is 23.7 Å². The molecule has 0 atom stereocenters. The third-order valence-electron chi connectivity index (χ3n) is 5.60. The van der Waals surface area contributed by atoms with Gasteiger partial charge in [-0.1, -0.05) is 0 Å². The molecule has 1 fully saturated rings.